The molecule has 1 aliphatic carbocycles. The maximum absolute atomic E-state index is 11.7. The lowest BCUT2D eigenvalue weighted by Crippen LogP contribution is -2.29. The van der Waals surface area contributed by atoms with Gasteiger partial charge in [0.2, 0.25) is 5.91 Å². The number of carbonyl (C=O) groups excluding carboxylic acids is 1. The molecule has 1 unspecified atom stereocenters. The molecule has 0 spiro atoms. The number of ether oxygens (including phenoxy) is 1. The highest BCUT2D eigenvalue weighted by atomic mass is 16.5. The van der Waals surface area contributed by atoms with Crippen molar-refractivity contribution in [3.63, 3.8) is 0 Å². The Labute approximate surface area is 120 Å². The van der Waals surface area contributed by atoms with E-state index >= 15 is 0 Å². The Balaban J connectivity index is 1.66. The third kappa shape index (κ3) is 4.23. The van der Waals surface area contributed by atoms with Gasteiger partial charge in [0.05, 0.1) is 13.2 Å². The predicted octanol–water partition coefficient (Wildman–Crippen LogP) is 2.25. The quantitative estimate of drug-likeness (QED) is 0.803. The lowest BCUT2D eigenvalue weighted by Gasteiger charge is -2.30. The standard InChI is InChI=1S/C16H23NO3/c1-20-14-7-5-12(6-8-14)11-17-16(19)10-9-15(18)13-3-2-4-13/h5-8,13,15,18H,2-4,9-11H2,1H3,(H,17,19). The van der Waals surface area contributed by atoms with Crippen molar-refractivity contribution in [1.82, 2.24) is 5.32 Å². The first-order valence-electron chi connectivity index (χ1n) is 7.26. The molecule has 4 heteroatoms. The fraction of sp³-hybridized carbons (Fsp3) is 0.562. The van der Waals surface area contributed by atoms with E-state index in [-0.39, 0.29) is 12.0 Å². The zero-order valence-electron chi connectivity index (χ0n) is 12.0. The minimum atomic E-state index is -0.310. The number of carbonyl (C=O) groups is 1. The Morgan fingerprint density at radius 1 is 1.40 bits per heavy atom. The molecule has 0 aliphatic heterocycles. The number of aliphatic hydroxyl groups excluding tert-OH is 1. The molecule has 0 aromatic heterocycles. The average Bonchev–Trinajstić information content (AvgIpc) is 2.41. The van der Waals surface area contributed by atoms with Crippen LogP contribution < -0.4 is 10.1 Å². The lowest BCUT2D eigenvalue weighted by atomic mass is 9.80. The van der Waals surface area contributed by atoms with Gasteiger partial charge in [-0.1, -0.05) is 18.6 Å². The maximum Gasteiger partial charge on any atom is 0.220 e. The van der Waals surface area contributed by atoms with Gasteiger partial charge in [0.15, 0.2) is 0 Å². The summed E-state index contributed by atoms with van der Waals surface area (Å²) in [5.41, 5.74) is 1.04. The predicted molar refractivity (Wildman–Crippen MR) is 77.4 cm³/mol. The highest BCUT2D eigenvalue weighted by Gasteiger charge is 2.25. The summed E-state index contributed by atoms with van der Waals surface area (Å²) < 4.78 is 5.08. The van der Waals surface area contributed by atoms with Crippen molar-refractivity contribution in [3.05, 3.63) is 29.8 Å². The number of nitrogens with one attached hydrogen (secondary N) is 1. The van der Waals surface area contributed by atoms with Crippen LogP contribution in [0.4, 0.5) is 0 Å². The first kappa shape index (κ1) is 14.9. The molecule has 4 nitrogen and oxygen atoms in total. The van der Waals surface area contributed by atoms with E-state index in [2.05, 4.69) is 5.32 Å². The second-order valence-corrected chi connectivity index (χ2v) is 5.42. The number of hydrogen-bond acceptors (Lipinski definition) is 3. The van der Waals surface area contributed by atoms with E-state index < -0.39 is 0 Å². The molecule has 0 heterocycles. The summed E-state index contributed by atoms with van der Waals surface area (Å²) in [6, 6.07) is 7.62. The second-order valence-electron chi connectivity index (χ2n) is 5.42. The van der Waals surface area contributed by atoms with Crippen LogP contribution in [0.5, 0.6) is 5.75 Å². The van der Waals surface area contributed by atoms with Crippen LogP contribution in [-0.2, 0) is 11.3 Å². The fourth-order valence-corrected chi connectivity index (χ4v) is 2.37. The van der Waals surface area contributed by atoms with Gasteiger partial charge in [-0.05, 0) is 42.9 Å². The molecule has 0 radical (unpaired) electrons. The molecule has 2 N–H and O–H groups in total. The van der Waals surface area contributed by atoms with Crippen molar-refractivity contribution >= 4 is 5.91 Å². The monoisotopic (exact) mass is 277 g/mol. The lowest BCUT2D eigenvalue weighted by molar-refractivity contribution is -0.122. The van der Waals surface area contributed by atoms with Crippen LogP contribution in [0, 0.1) is 5.92 Å². The molecule has 20 heavy (non-hydrogen) atoms. The molecule has 1 atom stereocenters. The van der Waals surface area contributed by atoms with Gasteiger partial charge in [0.1, 0.15) is 5.75 Å². The molecule has 0 bridgehead atoms. The number of methoxy groups -OCH3 is 1. The number of rotatable bonds is 7. The Hall–Kier alpha value is -1.55. The van der Waals surface area contributed by atoms with Crippen LogP contribution >= 0.6 is 0 Å². The smallest absolute Gasteiger partial charge is 0.220 e. The Kier molecular flexibility index (Phi) is 5.41. The first-order chi connectivity index (χ1) is 9.69. The highest BCUT2D eigenvalue weighted by molar-refractivity contribution is 5.75. The molecule has 1 aromatic carbocycles. The number of amides is 1. The van der Waals surface area contributed by atoms with Gasteiger partial charge in [-0.3, -0.25) is 4.79 Å². The van der Waals surface area contributed by atoms with Gasteiger partial charge in [0, 0.05) is 13.0 Å². The van der Waals surface area contributed by atoms with Gasteiger partial charge in [-0.25, -0.2) is 0 Å². The minimum Gasteiger partial charge on any atom is -0.497 e. The normalized spacial score (nSPS) is 16.3. The summed E-state index contributed by atoms with van der Waals surface area (Å²) in [5, 5.41) is 12.7. The summed E-state index contributed by atoms with van der Waals surface area (Å²) in [7, 11) is 1.63. The van der Waals surface area contributed by atoms with Crippen molar-refractivity contribution in [2.75, 3.05) is 7.11 Å². The van der Waals surface area contributed by atoms with Gasteiger partial charge >= 0.3 is 0 Å². The first-order valence-corrected chi connectivity index (χ1v) is 7.26. The molecule has 1 aromatic rings. The minimum absolute atomic E-state index is 0.000749. The molecule has 1 saturated carbocycles. The third-order valence-corrected chi connectivity index (χ3v) is 4.01. The maximum atomic E-state index is 11.7. The van der Waals surface area contributed by atoms with Crippen LogP contribution in [0.15, 0.2) is 24.3 Å². The van der Waals surface area contributed by atoms with E-state index in [9.17, 15) is 9.90 Å². The zero-order valence-corrected chi connectivity index (χ0v) is 12.0. The summed E-state index contributed by atoms with van der Waals surface area (Å²) in [6.45, 7) is 0.516. The summed E-state index contributed by atoms with van der Waals surface area (Å²) in [4.78, 5) is 11.7. The van der Waals surface area contributed by atoms with Gasteiger partial charge in [0.25, 0.3) is 0 Å². The van der Waals surface area contributed by atoms with E-state index in [1.807, 2.05) is 24.3 Å². The highest BCUT2D eigenvalue weighted by Crippen LogP contribution is 2.31. The molecular formula is C16H23NO3. The molecule has 2 rings (SSSR count). The van der Waals surface area contributed by atoms with E-state index in [4.69, 9.17) is 4.74 Å². The van der Waals surface area contributed by atoms with Gasteiger partial charge < -0.3 is 15.2 Å². The van der Waals surface area contributed by atoms with Crippen molar-refractivity contribution < 1.29 is 14.6 Å². The largest absolute Gasteiger partial charge is 0.497 e. The molecule has 0 saturated heterocycles. The van der Waals surface area contributed by atoms with Crippen molar-refractivity contribution in [2.24, 2.45) is 5.92 Å². The van der Waals surface area contributed by atoms with E-state index in [1.165, 1.54) is 6.42 Å². The van der Waals surface area contributed by atoms with Crippen molar-refractivity contribution in [1.29, 1.82) is 0 Å². The number of benzene rings is 1. The van der Waals surface area contributed by atoms with E-state index in [0.29, 0.717) is 25.3 Å². The van der Waals surface area contributed by atoms with E-state index in [0.717, 1.165) is 24.2 Å². The van der Waals surface area contributed by atoms with Crippen LogP contribution in [0.3, 0.4) is 0 Å². The summed E-state index contributed by atoms with van der Waals surface area (Å²) in [6.07, 6.45) is 4.08. The Morgan fingerprint density at radius 3 is 2.65 bits per heavy atom. The van der Waals surface area contributed by atoms with Crippen molar-refractivity contribution in [2.45, 2.75) is 44.8 Å². The van der Waals surface area contributed by atoms with Crippen LogP contribution in [-0.4, -0.2) is 24.2 Å². The molecule has 110 valence electrons. The van der Waals surface area contributed by atoms with Gasteiger partial charge in [-0.2, -0.15) is 0 Å². The average molecular weight is 277 g/mol. The SMILES string of the molecule is COc1ccc(CNC(=O)CCC(O)C2CCC2)cc1. The van der Waals surface area contributed by atoms with Crippen LogP contribution in [0.25, 0.3) is 0 Å². The topological polar surface area (TPSA) is 58.6 Å². The summed E-state index contributed by atoms with van der Waals surface area (Å²) in [5.74, 6) is 1.23. The second kappa shape index (κ2) is 7.29. The summed E-state index contributed by atoms with van der Waals surface area (Å²) >= 11 is 0. The van der Waals surface area contributed by atoms with E-state index in [1.54, 1.807) is 7.11 Å². The number of aliphatic hydroxyl groups is 1. The molecule has 1 aliphatic rings. The molecule has 1 fully saturated rings. The Morgan fingerprint density at radius 2 is 2.10 bits per heavy atom. The third-order valence-electron chi connectivity index (χ3n) is 4.01. The zero-order chi connectivity index (χ0) is 14.4. The molecule has 1 amide bonds. The van der Waals surface area contributed by atoms with Crippen LogP contribution in [0.1, 0.15) is 37.7 Å². The van der Waals surface area contributed by atoms with Gasteiger partial charge in [-0.15, -0.1) is 0 Å². The number of hydrogen-bond donors (Lipinski definition) is 2. The van der Waals surface area contributed by atoms with Crippen molar-refractivity contribution in [3.8, 4) is 5.75 Å². The van der Waals surface area contributed by atoms with Crippen LogP contribution in [0.2, 0.25) is 0 Å². The Bertz CT molecular complexity index is 426. The fourth-order valence-electron chi connectivity index (χ4n) is 2.37. The molecular weight excluding hydrogens is 254 g/mol.